The van der Waals surface area contributed by atoms with Crippen LogP contribution in [0.4, 0.5) is 0 Å². The van der Waals surface area contributed by atoms with E-state index in [0.717, 1.165) is 0 Å². The monoisotopic (exact) mass is 333 g/mol. The predicted molar refractivity (Wildman–Crippen MR) is 80.4 cm³/mol. The highest BCUT2D eigenvalue weighted by Crippen LogP contribution is 2.33. The van der Waals surface area contributed by atoms with Crippen molar-refractivity contribution >= 4 is 35.1 Å². The highest BCUT2D eigenvalue weighted by atomic mass is 35.5. The number of carbonyl (C=O) groups excluding carboxylic acids is 1. The zero-order chi connectivity index (χ0) is 16.4. The van der Waals surface area contributed by atoms with Crippen LogP contribution in [0.2, 0.25) is 10.0 Å². The van der Waals surface area contributed by atoms with Crippen LogP contribution in [0.5, 0.6) is 0 Å². The zero-order valence-corrected chi connectivity index (χ0v) is 13.5. The number of nitrogens with two attached hydrogens (primary N) is 1. The van der Waals surface area contributed by atoms with Crippen LogP contribution in [0.1, 0.15) is 32.8 Å². The summed E-state index contributed by atoms with van der Waals surface area (Å²) in [5.41, 5.74) is 3.50. The minimum absolute atomic E-state index is 0.108. The Kier molecular flexibility index (Phi) is 5.25. The molecule has 5 nitrogen and oxygen atoms in total. The number of aliphatic carboxylic acids is 1. The lowest BCUT2D eigenvalue weighted by Crippen LogP contribution is -2.50. The molecule has 0 aromatic heterocycles. The molecule has 0 heterocycles. The SMILES string of the molecule is CC(C)(C)OC(=O)[C@@](N)(CC(=O)O)c1ccc(Cl)cc1Cl. The largest absolute Gasteiger partial charge is 0.481 e. The minimum Gasteiger partial charge on any atom is -0.481 e. The van der Waals surface area contributed by atoms with Gasteiger partial charge in [-0.05, 0) is 32.9 Å². The van der Waals surface area contributed by atoms with E-state index in [1.54, 1.807) is 20.8 Å². The molecule has 1 atom stereocenters. The van der Waals surface area contributed by atoms with Crippen molar-refractivity contribution in [1.29, 1.82) is 0 Å². The smallest absolute Gasteiger partial charge is 0.331 e. The molecule has 7 heteroatoms. The van der Waals surface area contributed by atoms with Gasteiger partial charge in [0.05, 0.1) is 6.42 Å². The zero-order valence-electron chi connectivity index (χ0n) is 11.9. The van der Waals surface area contributed by atoms with Crippen LogP contribution >= 0.6 is 23.2 Å². The van der Waals surface area contributed by atoms with Gasteiger partial charge < -0.3 is 15.6 Å². The molecule has 21 heavy (non-hydrogen) atoms. The normalized spacial score (nSPS) is 14.4. The number of hydrogen-bond donors (Lipinski definition) is 2. The summed E-state index contributed by atoms with van der Waals surface area (Å²) in [5, 5.41) is 9.51. The van der Waals surface area contributed by atoms with Crippen molar-refractivity contribution < 1.29 is 19.4 Å². The van der Waals surface area contributed by atoms with E-state index >= 15 is 0 Å². The topological polar surface area (TPSA) is 89.6 Å². The molecule has 0 saturated carbocycles. The fraction of sp³-hybridized carbons (Fsp3) is 0.429. The Balaban J connectivity index is 3.32. The number of ether oxygens (including phenoxy) is 1. The maximum atomic E-state index is 12.4. The Morgan fingerprint density at radius 3 is 2.29 bits per heavy atom. The molecule has 0 fully saturated rings. The second kappa shape index (κ2) is 6.22. The molecule has 3 N–H and O–H groups in total. The molecule has 0 aliphatic heterocycles. The lowest BCUT2D eigenvalue weighted by atomic mass is 9.87. The number of rotatable bonds is 4. The van der Waals surface area contributed by atoms with E-state index in [2.05, 4.69) is 0 Å². The molecule has 0 unspecified atom stereocenters. The van der Waals surface area contributed by atoms with E-state index in [-0.39, 0.29) is 10.6 Å². The average molecular weight is 334 g/mol. The van der Waals surface area contributed by atoms with Crippen molar-refractivity contribution in [1.82, 2.24) is 0 Å². The van der Waals surface area contributed by atoms with Gasteiger partial charge in [0.1, 0.15) is 5.60 Å². The third-order valence-electron chi connectivity index (χ3n) is 2.60. The quantitative estimate of drug-likeness (QED) is 0.826. The first-order valence-electron chi connectivity index (χ1n) is 6.15. The summed E-state index contributed by atoms with van der Waals surface area (Å²) in [4.78, 5) is 23.4. The van der Waals surface area contributed by atoms with E-state index in [9.17, 15) is 9.59 Å². The van der Waals surface area contributed by atoms with Gasteiger partial charge >= 0.3 is 11.9 Å². The maximum absolute atomic E-state index is 12.4. The van der Waals surface area contributed by atoms with Crippen LogP contribution in [-0.4, -0.2) is 22.6 Å². The van der Waals surface area contributed by atoms with Gasteiger partial charge in [0, 0.05) is 15.6 Å². The first kappa shape index (κ1) is 17.8. The lowest BCUT2D eigenvalue weighted by molar-refractivity contribution is -0.165. The summed E-state index contributed by atoms with van der Waals surface area (Å²) in [6, 6.07) is 4.31. The van der Waals surface area contributed by atoms with E-state index in [1.807, 2.05) is 0 Å². The molecule has 0 bridgehead atoms. The van der Waals surface area contributed by atoms with E-state index in [0.29, 0.717) is 5.02 Å². The molecular weight excluding hydrogens is 317 g/mol. The van der Waals surface area contributed by atoms with Crippen molar-refractivity contribution in [2.24, 2.45) is 5.73 Å². The summed E-state index contributed by atoms with van der Waals surface area (Å²) >= 11 is 11.8. The van der Waals surface area contributed by atoms with Crippen LogP contribution in [0, 0.1) is 0 Å². The van der Waals surface area contributed by atoms with Crippen LogP contribution in [0.25, 0.3) is 0 Å². The van der Waals surface area contributed by atoms with Gasteiger partial charge in [-0.25, -0.2) is 4.79 Å². The molecule has 0 aliphatic rings. The number of halogens is 2. The van der Waals surface area contributed by atoms with Gasteiger partial charge in [-0.15, -0.1) is 0 Å². The molecule has 1 rings (SSSR count). The Morgan fingerprint density at radius 1 is 1.29 bits per heavy atom. The fourth-order valence-electron chi connectivity index (χ4n) is 1.74. The molecule has 0 radical (unpaired) electrons. The first-order chi connectivity index (χ1) is 9.45. The third kappa shape index (κ3) is 4.59. The third-order valence-corrected chi connectivity index (χ3v) is 3.15. The predicted octanol–water partition coefficient (Wildman–Crippen LogP) is 2.96. The molecular formula is C14H17Cl2NO4. The molecule has 0 amide bonds. The highest BCUT2D eigenvalue weighted by molar-refractivity contribution is 6.35. The summed E-state index contributed by atoms with van der Waals surface area (Å²) < 4.78 is 5.22. The average Bonchev–Trinajstić information content (AvgIpc) is 2.24. The van der Waals surface area contributed by atoms with Crippen LogP contribution in [0.3, 0.4) is 0 Å². The number of hydrogen-bond acceptors (Lipinski definition) is 4. The summed E-state index contributed by atoms with van der Waals surface area (Å²) in [6.45, 7) is 4.99. The maximum Gasteiger partial charge on any atom is 0.331 e. The van der Waals surface area contributed by atoms with E-state index < -0.39 is 29.5 Å². The number of carboxylic acid groups (broad SMARTS) is 1. The summed E-state index contributed by atoms with van der Waals surface area (Å²) in [6.07, 6.45) is -0.650. The molecule has 0 spiro atoms. The van der Waals surface area contributed by atoms with Crippen LogP contribution in [0.15, 0.2) is 18.2 Å². The van der Waals surface area contributed by atoms with Gasteiger partial charge in [-0.1, -0.05) is 29.3 Å². The van der Waals surface area contributed by atoms with Gasteiger partial charge in [-0.2, -0.15) is 0 Å². The lowest BCUT2D eigenvalue weighted by Gasteiger charge is -2.31. The van der Waals surface area contributed by atoms with Crippen molar-refractivity contribution in [2.75, 3.05) is 0 Å². The first-order valence-corrected chi connectivity index (χ1v) is 6.91. The van der Waals surface area contributed by atoms with Crippen molar-refractivity contribution in [2.45, 2.75) is 38.3 Å². The highest BCUT2D eigenvalue weighted by Gasteiger charge is 2.43. The molecule has 116 valence electrons. The van der Waals surface area contributed by atoms with Gasteiger partial charge in [0.2, 0.25) is 0 Å². The summed E-state index contributed by atoms with van der Waals surface area (Å²) in [7, 11) is 0. The number of benzene rings is 1. The Bertz CT molecular complexity index is 569. The molecule has 0 aliphatic carbocycles. The van der Waals surface area contributed by atoms with Crippen molar-refractivity contribution in [3.63, 3.8) is 0 Å². The van der Waals surface area contributed by atoms with Crippen LogP contribution < -0.4 is 5.73 Å². The van der Waals surface area contributed by atoms with E-state index in [1.165, 1.54) is 18.2 Å². The van der Waals surface area contributed by atoms with Gasteiger partial charge in [0.15, 0.2) is 5.54 Å². The minimum atomic E-state index is -1.89. The van der Waals surface area contributed by atoms with Crippen molar-refractivity contribution in [3.05, 3.63) is 33.8 Å². The molecule has 0 saturated heterocycles. The van der Waals surface area contributed by atoms with Crippen LogP contribution in [-0.2, 0) is 19.9 Å². The number of esters is 1. The second-order valence-electron chi connectivity index (χ2n) is 5.67. The molecule has 1 aromatic rings. The van der Waals surface area contributed by atoms with Gasteiger partial charge in [0.25, 0.3) is 0 Å². The Morgan fingerprint density at radius 2 is 1.86 bits per heavy atom. The number of carboxylic acids is 1. The van der Waals surface area contributed by atoms with E-state index in [4.69, 9.17) is 38.8 Å². The second-order valence-corrected chi connectivity index (χ2v) is 6.51. The number of carbonyl (C=O) groups is 2. The Labute approximate surface area is 133 Å². The standard InChI is InChI=1S/C14H17Cl2NO4/c1-13(2,3)21-12(20)14(17,7-11(18)19)9-5-4-8(15)6-10(9)16/h4-6H,7,17H2,1-3H3,(H,18,19)/t14-/m1/s1. The Hall–Kier alpha value is -1.30. The van der Waals surface area contributed by atoms with Gasteiger partial charge in [-0.3, -0.25) is 4.79 Å². The van der Waals surface area contributed by atoms with Crippen molar-refractivity contribution in [3.8, 4) is 0 Å². The molecule has 1 aromatic carbocycles. The summed E-state index contributed by atoms with van der Waals surface area (Å²) in [5.74, 6) is -2.10. The fourth-order valence-corrected chi connectivity index (χ4v) is 2.31.